The zero-order chi connectivity index (χ0) is 12.7. The second-order valence-electron chi connectivity index (χ2n) is 3.94. The summed E-state index contributed by atoms with van der Waals surface area (Å²) in [5.74, 6) is 0.00454. The van der Waals surface area contributed by atoms with Gasteiger partial charge in [0.2, 0.25) is 0 Å². The molecule has 0 aliphatic carbocycles. The molecule has 0 saturated carbocycles. The summed E-state index contributed by atoms with van der Waals surface area (Å²) in [6.45, 7) is 2.12. The van der Waals surface area contributed by atoms with Crippen LogP contribution in [0.5, 0.6) is 11.5 Å². The molecule has 0 aliphatic heterocycles. The molecular formula is C13H19NO3. The van der Waals surface area contributed by atoms with E-state index in [1.165, 1.54) is 19.4 Å². The van der Waals surface area contributed by atoms with Crippen LogP contribution in [0.15, 0.2) is 12.3 Å². The Balaban J connectivity index is 2.62. The van der Waals surface area contributed by atoms with Crippen LogP contribution in [-0.4, -0.2) is 23.0 Å². The van der Waals surface area contributed by atoms with Crippen molar-refractivity contribution in [3.8, 4) is 11.5 Å². The normalized spacial score (nSPS) is 10.2. The maximum absolute atomic E-state index is 11.8. The summed E-state index contributed by atoms with van der Waals surface area (Å²) in [6.07, 6.45) is 6.03. The number of rotatable bonds is 7. The summed E-state index contributed by atoms with van der Waals surface area (Å²) in [5.41, 5.74) is 0.112. The van der Waals surface area contributed by atoms with Gasteiger partial charge in [0.15, 0.2) is 23.0 Å². The fourth-order valence-corrected chi connectivity index (χ4v) is 1.64. The predicted molar refractivity (Wildman–Crippen MR) is 65.5 cm³/mol. The summed E-state index contributed by atoms with van der Waals surface area (Å²) in [6, 6.07) is 1.53. The number of hydrogen-bond donors (Lipinski definition) is 1. The van der Waals surface area contributed by atoms with Crippen LogP contribution in [0.3, 0.4) is 0 Å². The monoisotopic (exact) mass is 237 g/mol. The summed E-state index contributed by atoms with van der Waals surface area (Å²) in [7, 11) is 1.45. The minimum absolute atomic E-state index is 0.112. The molecule has 1 N–H and O–H groups in total. The number of Topliss-reactive ketones (excluding diaryl/α,β-unsaturated/α-hetero) is 1. The molecular weight excluding hydrogens is 218 g/mol. The third-order valence-corrected chi connectivity index (χ3v) is 2.63. The summed E-state index contributed by atoms with van der Waals surface area (Å²) >= 11 is 0. The number of aromatic nitrogens is 1. The molecule has 4 heteroatoms. The standard InChI is InChI=1S/C13H19NO3/c1-3-4-5-6-7-10(15)12-13(16)11(17-2)8-9-14-12/h8-9,16H,3-7H2,1-2H3. The number of aromatic hydroxyl groups is 1. The third kappa shape index (κ3) is 3.73. The Morgan fingerprint density at radius 1 is 1.41 bits per heavy atom. The van der Waals surface area contributed by atoms with Gasteiger partial charge in [-0.3, -0.25) is 4.79 Å². The van der Waals surface area contributed by atoms with Crippen LogP contribution in [0.4, 0.5) is 0 Å². The molecule has 0 unspecified atom stereocenters. The third-order valence-electron chi connectivity index (χ3n) is 2.63. The molecule has 0 bridgehead atoms. The maximum atomic E-state index is 11.8. The number of carbonyl (C=O) groups excluding carboxylic acids is 1. The van der Waals surface area contributed by atoms with Crippen molar-refractivity contribution in [1.82, 2.24) is 4.98 Å². The number of methoxy groups -OCH3 is 1. The van der Waals surface area contributed by atoms with Gasteiger partial charge in [-0.25, -0.2) is 4.98 Å². The van der Waals surface area contributed by atoms with E-state index in [0.29, 0.717) is 6.42 Å². The van der Waals surface area contributed by atoms with E-state index in [0.717, 1.165) is 25.7 Å². The highest BCUT2D eigenvalue weighted by molar-refractivity contribution is 5.97. The van der Waals surface area contributed by atoms with Crippen LogP contribution in [-0.2, 0) is 0 Å². The van der Waals surface area contributed by atoms with Crippen molar-refractivity contribution in [2.24, 2.45) is 0 Å². The lowest BCUT2D eigenvalue weighted by molar-refractivity contribution is 0.0970. The summed E-state index contributed by atoms with van der Waals surface area (Å²) < 4.78 is 4.94. The van der Waals surface area contributed by atoms with Crippen LogP contribution < -0.4 is 4.74 Å². The van der Waals surface area contributed by atoms with E-state index in [-0.39, 0.29) is 23.0 Å². The van der Waals surface area contributed by atoms with Gasteiger partial charge in [-0.15, -0.1) is 0 Å². The van der Waals surface area contributed by atoms with Crippen LogP contribution in [0, 0.1) is 0 Å². The number of hydrogen-bond acceptors (Lipinski definition) is 4. The minimum atomic E-state index is -0.157. The largest absolute Gasteiger partial charge is 0.503 e. The van der Waals surface area contributed by atoms with Crippen molar-refractivity contribution < 1.29 is 14.6 Å². The lowest BCUT2D eigenvalue weighted by atomic mass is 10.1. The molecule has 94 valence electrons. The first-order valence-corrected chi connectivity index (χ1v) is 5.95. The molecule has 1 heterocycles. The molecule has 0 amide bonds. The van der Waals surface area contributed by atoms with Crippen molar-refractivity contribution in [3.05, 3.63) is 18.0 Å². The fourth-order valence-electron chi connectivity index (χ4n) is 1.64. The topological polar surface area (TPSA) is 59.4 Å². The van der Waals surface area contributed by atoms with Gasteiger partial charge < -0.3 is 9.84 Å². The molecule has 0 fully saturated rings. The average molecular weight is 237 g/mol. The van der Waals surface area contributed by atoms with Crippen LogP contribution in [0.2, 0.25) is 0 Å². The molecule has 0 atom stereocenters. The average Bonchev–Trinajstić information content (AvgIpc) is 2.34. The highest BCUT2D eigenvalue weighted by atomic mass is 16.5. The van der Waals surface area contributed by atoms with Gasteiger partial charge >= 0.3 is 0 Å². The van der Waals surface area contributed by atoms with Gasteiger partial charge in [-0.1, -0.05) is 26.2 Å². The smallest absolute Gasteiger partial charge is 0.187 e. The number of pyridine rings is 1. The highest BCUT2D eigenvalue weighted by Crippen LogP contribution is 2.28. The lowest BCUT2D eigenvalue weighted by Crippen LogP contribution is -2.03. The first-order valence-electron chi connectivity index (χ1n) is 5.95. The Morgan fingerprint density at radius 2 is 2.18 bits per heavy atom. The number of ether oxygens (including phenoxy) is 1. The van der Waals surface area contributed by atoms with Crippen molar-refractivity contribution >= 4 is 5.78 Å². The molecule has 1 aromatic heterocycles. The van der Waals surface area contributed by atoms with Crippen molar-refractivity contribution in [2.75, 3.05) is 7.11 Å². The Kier molecular flexibility index (Phi) is 5.46. The number of unbranched alkanes of at least 4 members (excludes halogenated alkanes) is 3. The fraction of sp³-hybridized carbons (Fsp3) is 0.538. The van der Waals surface area contributed by atoms with Gasteiger partial charge in [0.25, 0.3) is 0 Å². The molecule has 4 nitrogen and oxygen atoms in total. The lowest BCUT2D eigenvalue weighted by Gasteiger charge is -2.06. The number of carbonyl (C=O) groups is 1. The van der Waals surface area contributed by atoms with Crippen molar-refractivity contribution in [3.63, 3.8) is 0 Å². The Hall–Kier alpha value is -1.58. The number of nitrogens with zero attached hydrogens (tertiary/aromatic N) is 1. The quantitative estimate of drug-likeness (QED) is 0.585. The van der Waals surface area contributed by atoms with Crippen LogP contribution >= 0.6 is 0 Å². The van der Waals surface area contributed by atoms with E-state index in [9.17, 15) is 9.90 Å². The molecule has 0 radical (unpaired) electrons. The van der Waals surface area contributed by atoms with E-state index in [1.54, 1.807) is 0 Å². The predicted octanol–water partition coefficient (Wildman–Crippen LogP) is 2.95. The van der Waals surface area contributed by atoms with Gasteiger partial charge in [-0.05, 0) is 6.42 Å². The van der Waals surface area contributed by atoms with Gasteiger partial charge in [0, 0.05) is 18.7 Å². The van der Waals surface area contributed by atoms with E-state index in [2.05, 4.69) is 11.9 Å². The second-order valence-corrected chi connectivity index (χ2v) is 3.94. The summed E-state index contributed by atoms with van der Waals surface area (Å²) in [4.78, 5) is 15.7. The Labute approximate surface area is 102 Å². The summed E-state index contributed by atoms with van der Waals surface area (Å²) in [5, 5.41) is 9.75. The van der Waals surface area contributed by atoms with Crippen molar-refractivity contribution in [2.45, 2.75) is 39.0 Å². The van der Waals surface area contributed by atoms with E-state index in [1.807, 2.05) is 0 Å². The molecule has 0 aliphatic rings. The zero-order valence-electron chi connectivity index (χ0n) is 10.4. The molecule has 17 heavy (non-hydrogen) atoms. The van der Waals surface area contributed by atoms with Gasteiger partial charge in [0.05, 0.1) is 7.11 Å². The molecule has 0 saturated heterocycles. The minimum Gasteiger partial charge on any atom is -0.503 e. The first-order chi connectivity index (χ1) is 8.20. The van der Waals surface area contributed by atoms with E-state index < -0.39 is 0 Å². The maximum Gasteiger partial charge on any atom is 0.187 e. The molecule has 1 aromatic rings. The Bertz CT molecular complexity index is 377. The second kappa shape index (κ2) is 6.89. The van der Waals surface area contributed by atoms with Crippen LogP contribution in [0.1, 0.15) is 49.5 Å². The Morgan fingerprint density at radius 3 is 2.82 bits per heavy atom. The first kappa shape index (κ1) is 13.5. The SMILES string of the molecule is CCCCCCC(=O)c1nccc(OC)c1O. The van der Waals surface area contributed by atoms with E-state index >= 15 is 0 Å². The van der Waals surface area contributed by atoms with Crippen LogP contribution in [0.25, 0.3) is 0 Å². The molecule has 0 aromatic carbocycles. The van der Waals surface area contributed by atoms with Crippen molar-refractivity contribution in [1.29, 1.82) is 0 Å². The molecule has 0 spiro atoms. The van der Waals surface area contributed by atoms with Gasteiger partial charge in [-0.2, -0.15) is 0 Å². The highest BCUT2D eigenvalue weighted by Gasteiger charge is 2.15. The number of ketones is 1. The zero-order valence-corrected chi connectivity index (χ0v) is 10.4. The molecule has 1 rings (SSSR count). The van der Waals surface area contributed by atoms with E-state index in [4.69, 9.17) is 4.74 Å². The van der Waals surface area contributed by atoms with Gasteiger partial charge in [0.1, 0.15) is 0 Å².